The van der Waals surface area contributed by atoms with Crippen molar-refractivity contribution in [1.82, 2.24) is 10.0 Å². The molecule has 2 aliphatic carbocycles. The van der Waals surface area contributed by atoms with Gasteiger partial charge in [0.1, 0.15) is 5.82 Å². The summed E-state index contributed by atoms with van der Waals surface area (Å²) in [7, 11) is -3.61. The molecule has 0 amide bonds. The summed E-state index contributed by atoms with van der Waals surface area (Å²) in [4.78, 5) is 0.0667. The summed E-state index contributed by atoms with van der Waals surface area (Å²) in [5.74, 6) is -0.462. The fraction of sp³-hybridized carbons (Fsp3) is 0.571. The highest BCUT2D eigenvalue weighted by atomic mass is 32.2. The lowest BCUT2D eigenvalue weighted by Gasteiger charge is -2.12. The van der Waals surface area contributed by atoms with Crippen LogP contribution in [-0.4, -0.2) is 20.5 Å². The summed E-state index contributed by atoms with van der Waals surface area (Å²) in [6.45, 7) is 2.02. The van der Waals surface area contributed by atoms with E-state index < -0.39 is 15.8 Å². The molecule has 0 aliphatic heterocycles. The molecule has 1 aromatic rings. The molecule has 4 nitrogen and oxygen atoms in total. The molecule has 0 atom stereocenters. The van der Waals surface area contributed by atoms with E-state index in [4.69, 9.17) is 0 Å². The number of sulfonamides is 1. The van der Waals surface area contributed by atoms with Crippen molar-refractivity contribution in [2.45, 2.75) is 56.1 Å². The molecule has 0 unspecified atom stereocenters. The molecule has 2 saturated carbocycles. The van der Waals surface area contributed by atoms with E-state index in [1.54, 1.807) is 6.07 Å². The Morgan fingerprint density at radius 1 is 1.20 bits per heavy atom. The zero-order valence-corrected chi connectivity index (χ0v) is 12.3. The predicted octanol–water partition coefficient (Wildman–Crippen LogP) is 1.83. The van der Waals surface area contributed by atoms with Crippen molar-refractivity contribution in [2.24, 2.45) is 0 Å². The van der Waals surface area contributed by atoms with Gasteiger partial charge in [-0.15, -0.1) is 0 Å². The van der Waals surface area contributed by atoms with E-state index in [-0.39, 0.29) is 16.5 Å². The highest BCUT2D eigenvalue weighted by Crippen LogP contribution is 2.26. The minimum Gasteiger partial charge on any atom is -0.310 e. The molecule has 6 heteroatoms. The first-order valence-corrected chi connectivity index (χ1v) is 8.49. The maximum absolute atomic E-state index is 13.9. The quantitative estimate of drug-likeness (QED) is 0.842. The number of hydrogen-bond acceptors (Lipinski definition) is 3. The van der Waals surface area contributed by atoms with Gasteiger partial charge in [-0.1, -0.05) is 0 Å². The van der Waals surface area contributed by atoms with Gasteiger partial charge in [-0.3, -0.25) is 0 Å². The number of rotatable bonds is 6. The Balaban J connectivity index is 1.86. The van der Waals surface area contributed by atoms with Gasteiger partial charge in [0.25, 0.3) is 0 Å². The van der Waals surface area contributed by atoms with Gasteiger partial charge in [-0.05, 0) is 50.3 Å². The molecule has 3 rings (SSSR count). The van der Waals surface area contributed by atoms with Crippen molar-refractivity contribution >= 4 is 10.0 Å². The third kappa shape index (κ3) is 3.19. The monoisotopic (exact) mass is 298 g/mol. The average molecular weight is 298 g/mol. The van der Waals surface area contributed by atoms with Crippen LogP contribution < -0.4 is 10.0 Å². The van der Waals surface area contributed by atoms with Crippen LogP contribution in [0.1, 0.15) is 36.8 Å². The highest BCUT2D eigenvalue weighted by molar-refractivity contribution is 7.89. The van der Waals surface area contributed by atoms with Gasteiger partial charge in [-0.25, -0.2) is 17.5 Å². The van der Waals surface area contributed by atoms with E-state index in [1.165, 1.54) is 13.0 Å². The van der Waals surface area contributed by atoms with Crippen LogP contribution >= 0.6 is 0 Å². The highest BCUT2D eigenvalue weighted by Gasteiger charge is 2.30. The van der Waals surface area contributed by atoms with E-state index in [0.29, 0.717) is 18.2 Å². The summed E-state index contributed by atoms with van der Waals surface area (Å²) >= 11 is 0. The topological polar surface area (TPSA) is 58.2 Å². The molecule has 20 heavy (non-hydrogen) atoms. The van der Waals surface area contributed by atoms with Gasteiger partial charge in [0, 0.05) is 24.2 Å². The molecule has 0 spiro atoms. The SMILES string of the molecule is Cc1c(F)cc(CNC2CC2)cc1S(=O)(=O)NC1CC1. The summed E-state index contributed by atoms with van der Waals surface area (Å²) in [6, 6.07) is 3.53. The minimum atomic E-state index is -3.61. The van der Waals surface area contributed by atoms with E-state index in [0.717, 1.165) is 25.7 Å². The second-order valence-electron chi connectivity index (χ2n) is 5.75. The number of benzene rings is 1. The zero-order chi connectivity index (χ0) is 14.3. The van der Waals surface area contributed by atoms with Gasteiger partial charge in [0.15, 0.2) is 0 Å². The third-order valence-electron chi connectivity index (χ3n) is 3.72. The van der Waals surface area contributed by atoms with E-state index in [2.05, 4.69) is 10.0 Å². The first-order chi connectivity index (χ1) is 9.45. The van der Waals surface area contributed by atoms with Crippen LogP contribution in [0.2, 0.25) is 0 Å². The molecule has 0 heterocycles. The Hall–Kier alpha value is -0.980. The maximum Gasteiger partial charge on any atom is 0.241 e. The lowest BCUT2D eigenvalue weighted by Crippen LogP contribution is -2.27. The fourth-order valence-corrected chi connectivity index (χ4v) is 3.73. The van der Waals surface area contributed by atoms with Crippen molar-refractivity contribution in [3.63, 3.8) is 0 Å². The van der Waals surface area contributed by atoms with Crippen LogP contribution in [-0.2, 0) is 16.6 Å². The van der Waals surface area contributed by atoms with Gasteiger partial charge in [0.2, 0.25) is 10.0 Å². The molecule has 110 valence electrons. The normalized spacial score (nSPS) is 19.3. The van der Waals surface area contributed by atoms with Crippen LogP contribution in [0.25, 0.3) is 0 Å². The smallest absolute Gasteiger partial charge is 0.241 e. The van der Waals surface area contributed by atoms with E-state index >= 15 is 0 Å². The molecule has 0 saturated heterocycles. The second-order valence-corrected chi connectivity index (χ2v) is 7.43. The summed E-state index contributed by atoms with van der Waals surface area (Å²) < 4.78 is 41.1. The maximum atomic E-state index is 13.9. The third-order valence-corrected chi connectivity index (χ3v) is 5.36. The summed E-state index contributed by atoms with van der Waals surface area (Å²) in [5.41, 5.74) is 0.865. The Morgan fingerprint density at radius 2 is 1.85 bits per heavy atom. The minimum absolute atomic E-state index is 0.0238. The van der Waals surface area contributed by atoms with Crippen LogP contribution in [0.4, 0.5) is 4.39 Å². The standard InChI is InChI=1S/C14H19FN2O2S/c1-9-13(15)6-10(8-16-11-2-3-11)7-14(9)20(18,19)17-12-4-5-12/h6-7,11-12,16-17H,2-5,8H2,1H3. The zero-order valence-electron chi connectivity index (χ0n) is 11.4. The van der Waals surface area contributed by atoms with E-state index in [1.807, 2.05) is 0 Å². The van der Waals surface area contributed by atoms with Crippen LogP contribution in [0.5, 0.6) is 0 Å². The van der Waals surface area contributed by atoms with Gasteiger partial charge in [0.05, 0.1) is 4.90 Å². The largest absolute Gasteiger partial charge is 0.310 e. The summed E-state index contributed by atoms with van der Waals surface area (Å²) in [5, 5.41) is 3.27. The fourth-order valence-electron chi connectivity index (χ4n) is 2.12. The van der Waals surface area contributed by atoms with Gasteiger partial charge in [-0.2, -0.15) is 0 Å². The molecule has 2 N–H and O–H groups in total. The van der Waals surface area contributed by atoms with Gasteiger partial charge < -0.3 is 5.32 Å². The van der Waals surface area contributed by atoms with Crippen molar-refractivity contribution in [1.29, 1.82) is 0 Å². The van der Waals surface area contributed by atoms with Crippen molar-refractivity contribution in [3.8, 4) is 0 Å². The molecule has 2 fully saturated rings. The van der Waals surface area contributed by atoms with Gasteiger partial charge >= 0.3 is 0 Å². The van der Waals surface area contributed by atoms with Crippen molar-refractivity contribution < 1.29 is 12.8 Å². The lowest BCUT2D eigenvalue weighted by atomic mass is 10.1. The van der Waals surface area contributed by atoms with E-state index in [9.17, 15) is 12.8 Å². The van der Waals surface area contributed by atoms with Crippen molar-refractivity contribution in [2.75, 3.05) is 0 Å². The number of halogens is 1. The molecule has 0 radical (unpaired) electrons. The first kappa shape index (κ1) is 14.0. The number of nitrogens with one attached hydrogen (secondary N) is 2. The Labute approximate surface area is 118 Å². The van der Waals surface area contributed by atoms with Crippen LogP contribution in [0, 0.1) is 12.7 Å². The molecular formula is C14H19FN2O2S. The molecular weight excluding hydrogens is 279 g/mol. The molecule has 0 bridgehead atoms. The van der Waals surface area contributed by atoms with Crippen LogP contribution in [0.3, 0.4) is 0 Å². The first-order valence-electron chi connectivity index (χ1n) is 7.00. The number of hydrogen-bond donors (Lipinski definition) is 2. The molecule has 2 aliphatic rings. The average Bonchev–Trinajstić information content (AvgIpc) is 3.23. The van der Waals surface area contributed by atoms with Crippen LogP contribution in [0.15, 0.2) is 17.0 Å². The lowest BCUT2D eigenvalue weighted by molar-refractivity contribution is 0.572. The second kappa shape index (κ2) is 5.09. The van der Waals surface area contributed by atoms with Crippen molar-refractivity contribution in [3.05, 3.63) is 29.1 Å². The predicted molar refractivity (Wildman–Crippen MR) is 74.3 cm³/mol. The Morgan fingerprint density at radius 3 is 2.45 bits per heavy atom. The Kier molecular flexibility index (Phi) is 3.56. The summed E-state index contributed by atoms with van der Waals surface area (Å²) in [6.07, 6.45) is 4.01. The molecule has 1 aromatic carbocycles. The molecule has 0 aromatic heterocycles. The Bertz CT molecular complexity index is 622.